The third-order valence-electron chi connectivity index (χ3n) is 5.79. The molecule has 0 aliphatic carbocycles. The van der Waals surface area contributed by atoms with E-state index in [4.69, 9.17) is 0 Å². The van der Waals surface area contributed by atoms with E-state index in [9.17, 15) is 13.2 Å². The number of rotatable bonds is 5. The summed E-state index contributed by atoms with van der Waals surface area (Å²) < 4.78 is 27.9. The molecule has 2 aromatic rings. The van der Waals surface area contributed by atoms with Gasteiger partial charge in [0.25, 0.3) is 0 Å². The number of hydrogen-bond acceptors (Lipinski definition) is 4. The molecule has 0 saturated carbocycles. The molecule has 3 rings (SSSR count). The zero-order valence-corrected chi connectivity index (χ0v) is 19.9. The molecular formula is C24H33N3O3S. The standard InChI is InChI=1S/C24H33N3O3S/c1-24(2,3)20-11-13-21(14-12-20)31(29,30)27-17-15-26(16-18-27)22(23(28)25(4)5)19-9-7-6-8-10-19/h6-14,22H,15-18H2,1-5H3. The molecule has 1 heterocycles. The van der Waals surface area contributed by atoms with Crippen LogP contribution in [-0.4, -0.2) is 68.7 Å². The van der Waals surface area contributed by atoms with Crippen LogP contribution in [0.25, 0.3) is 0 Å². The highest BCUT2D eigenvalue weighted by Crippen LogP contribution is 2.27. The largest absolute Gasteiger partial charge is 0.347 e. The van der Waals surface area contributed by atoms with Gasteiger partial charge in [-0.05, 0) is 28.7 Å². The molecular weight excluding hydrogens is 410 g/mol. The normalized spacial score (nSPS) is 17.3. The number of benzene rings is 2. The molecule has 1 unspecified atom stereocenters. The Morgan fingerprint density at radius 1 is 0.903 bits per heavy atom. The second-order valence-corrected chi connectivity index (χ2v) is 11.2. The zero-order chi connectivity index (χ0) is 22.8. The lowest BCUT2D eigenvalue weighted by atomic mass is 9.87. The van der Waals surface area contributed by atoms with E-state index in [1.165, 1.54) is 4.31 Å². The molecule has 168 valence electrons. The minimum atomic E-state index is -3.56. The van der Waals surface area contributed by atoms with Gasteiger partial charge in [-0.1, -0.05) is 63.2 Å². The lowest BCUT2D eigenvalue weighted by molar-refractivity contribution is -0.135. The van der Waals surface area contributed by atoms with Crippen LogP contribution in [0.2, 0.25) is 0 Å². The van der Waals surface area contributed by atoms with Gasteiger partial charge >= 0.3 is 0 Å². The molecule has 1 aliphatic heterocycles. The number of carbonyl (C=O) groups excluding carboxylic acids is 1. The maximum Gasteiger partial charge on any atom is 0.244 e. The average Bonchev–Trinajstić information content (AvgIpc) is 2.74. The summed E-state index contributed by atoms with van der Waals surface area (Å²) in [5.74, 6) is 0.000256. The summed E-state index contributed by atoms with van der Waals surface area (Å²) in [5.41, 5.74) is 2.00. The van der Waals surface area contributed by atoms with Gasteiger partial charge in [0.1, 0.15) is 6.04 Å². The van der Waals surface area contributed by atoms with Gasteiger partial charge in [-0.15, -0.1) is 0 Å². The van der Waals surface area contributed by atoms with Crippen LogP contribution in [0, 0.1) is 0 Å². The maximum absolute atomic E-state index is 13.2. The van der Waals surface area contributed by atoms with Gasteiger partial charge in [-0.25, -0.2) is 8.42 Å². The summed E-state index contributed by atoms with van der Waals surface area (Å²) in [6, 6.07) is 16.4. The van der Waals surface area contributed by atoms with Crippen LogP contribution in [0.5, 0.6) is 0 Å². The molecule has 0 radical (unpaired) electrons. The fourth-order valence-electron chi connectivity index (χ4n) is 3.87. The van der Waals surface area contributed by atoms with Crippen molar-refractivity contribution in [3.63, 3.8) is 0 Å². The fourth-order valence-corrected chi connectivity index (χ4v) is 5.29. The number of carbonyl (C=O) groups is 1. The minimum Gasteiger partial charge on any atom is -0.347 e. The number of sulfonamides is 1. The van der Waals surface area contributed by atoms with Gasteiger partial charge in [0, 0.05) is 40.3 Å². The molecule has 0 N–H and O–H groups in total. The molecule has 1 saturated heterocycles. The summed E-state index contributed by atoms with van der Waals surface area (Å²) in [6.45, 7) is 8.02. The number of nitrogens with zero attached hydrogens (tertiary/aromatic N) is 3. The Morgan fingerprint density at radius 3 is 1.94 bits per heavy atom. The first-order chi connectivity index (χ1) is 14.5. The molecule has 1 amide bonds. The van der Waals surface area contributed by atoms with Crippen molar-refractivity contribution in [3.8, 4) is 0 Å². The van der Waals surface area contributed by atoms with Gasteiger partial charge < -0.3 is 4.90 Å². The highest BCUT2D eigenvalue weighted by molar-refractivity contribution is 7.89. The Kier molecular flexibility index (Phi) is 6.88. The smallest absolute Gasteiger partial charge is 0.244 e. The predicted molar refractivity (Wildman–Crippen MR) is 123 cm³/mol. The Hall–Kier alpha value is -2.22. The van der Waals surface area contributed by atoms with Crippen LogP contribution < -0.4 is 0 Å². The monoisotopic (exact) mass is 443 g/mol. The predicted octanol–water partition coefficient (Wildman–Crippen LogP) is 3.12. The van der Waals surface area contributed by atoms with E-state index in [0.29, 0.717) is 31.1 Å². The molecule has 2 aromatic carbocycles. The van der Waals surface area contributed by atoms with Crippen LogP contribution in [0.3, 0.4) is 0 Å². The van der Waals surface area contributed by atoms with Gasteiger partial charge in [-0.2, -0.15) is 4.31 Å². The second kappa shape index (κ2) is 9.10. The van der Waals surface area contributed by atoms with Gasteiger partial charge in [0.15, 0.2) is 0 Å². The number of piperazine rings is 1. The van der Waals surface area contributed by atoms with E-state index in [1.807, 2.05) is 42.5 Å². The SMILES string of the molecule is CN(C)C(=O)C(c1ccccc1)N1CCN(S(=O)(=O)c2ccc(C(C)(C)C)cc2)CC1. The molecule has 1 fully saturated rings. The van der Waals surface area contributed by atoms with E-state index in [1.54, 1.807) is 31.1 Å². The maximum atomic E-state index is 13.2. The number of likely N-dealkylation sites (N-methyl/N-ethyl adjacent to an activating group) is 1. The second-order valence-electron chi connectivity index (χ2n) is 9.26. The Morgan fingerprint density at radius 2 is 1.45 bits per heavy atom. The molecule has 1 atom stereocenters. The summed E-state index contributed by atoms with van der Waals surface area (Å²) in [4.78, 5) is 16.9. The van der Waals surface area contributed by atoms with Crippen molar-refractivity contribution in [3.05, 3.63) is 65.7 Å². The Labute approximate surface area is 186 Å². The molecule has 0 bridgehead atoms. The Balaban J connectivity index is 1.76. The molecule has 0 aromatic heterocycles. The first-order valence-electron chi connectivity index (χ1n) is 10.6. The highest BCUT2D eigenvalue weighted by atomic mass is 32.2. The first kappa shape index (κ1) is 23.4. The lowest BCUT2D eigenvalue weighted by Crippen LogP contribution is -2.52. The van der Waals surface area contributed by atoms with Crippen molar-refractivity contribution < 1.29 is 13.2 Å². The van der Waals surface area contributed by atoms with Gasteiger partial charge in [-0.3, -0.25) is 9.69 Å². The lowest BCUT2D eigenvalue weighted by Gasteiger charge is -2.39. The number of hydrogen-bond donors (Lipinski definition) is 0. The van der Waals surface area contributed by atoms with Crippen molar-refractivity contribution in [2.45, 2.75) is 37.1 Å². The molecule has 0 spiro atoms. The highest BCUT2D eigenvalue weighted by Gasteiger charge is 2.35. The van der Waals surface area contributed by atoms with E-state index < -0.39 is 16.1 Å². The van der Waals surface area contributed by atoms with Crippen LogP contribution in [-0.2, 0) is 20.2 Å². The van der Waals surface area contributed by atoms with Crippen molar-refractivity contribution in [2.24, 2.45) is 0 Å². The minimum absolute atomic E-state index is 0.000256. The summed E-state index contributed by atoms with van der Waals surface area (Å²) in [5, 5.41) is 0. The molecule has 31 heavy (non-hydrogen) atoms. The fraction of sp³-hybridized carbons (Fsp3) is 0.458. The first-order valence-corrected chi connectivity index (χ1v) is 12.1. The zero-order valence-electron chi connectivity index (χ0n) is 19.1. The van der Waals surface area contributed by atoms with Gasteiger partial charge in [0.2, 0.25) is 15.9 Å². The molecule has 7 heteroatoms. The van der Waals surface area contributed by atoms with E-state index >= 15 is 0 Å². The van der Waals surface area contributed by atoms with E-state index in [0.717, 1.165) is 11.1 Å². The van der Waals surface area contributed by atoms with Crippen molar-refractivity contribution in [2.75, 3.05) is 40.3 Å². The third kappa shape index (κ3) is 5.17. The quantitative estimate of drug-likeness (QED) is 0.712. The third-order valence-corrected chi connectivity index (χ3v) is 7.70. The summed E-state index contributed by atoms with van der Waals surface area (Å²) >= 11 is 0. The Bertz CT molecular complexity index is 989. The van der Waals surface area contributed by atoms with E-state index in [-0.39, 0.29) is 11.3 Å². The summed E-state index contributed by atoms with van der Waals surface area (Å²) in [7, 11) is -0.0628. The van der Waals surface area contributed by atoms with Crippen molar-refractivity contribution in [1.82, 2.24) is 14.1 Å². The molecule has 6 nitrogen and oxygen atoms in total. The van der Waals surface area contributed by atoms with Crippen LogP contribution in [0.1, 0.15) is 37.9 Å². The average molecular weight is 444 g/mol. The van der Waals surface area contributed by atoms with Crippen LogP contribution >= 0.6 is 0 Å². The van der Waals surface area contributed by atoms with Crippen molar-refractivity contribution in [1.29, 1.82) is 0 Å². The summed E-state index contributed by atoms with van der Waals surface area (Å²) in [6.07, 6.45) is 0. The van der Waals surface area contributed by atoms with E-state index in [2.05, 4.69) is 25.7 Å². The van der Waals surface area contributed by atoms with Crippen LogP contribution in [0.4, 0.5) is 0 Å². The van der Waals surface area contributed by atoms with Crippen molar-refractivity contribution >= 4 is 15.9 Å². The number of amides is 1. The van der Waals surface area contributed by atoms with Gasteiger partial charge in [0.05, 0.1) is 4.90 Å². The van der Waals surface area contributed by atoms with Crippen LogP contribution in [0.15, 0.2) is 59.5 Å². The topological polar surface area (TPSA) is 60.9 Å². The molecule has 1 aliphatic rings.